The summed E-state index contributed by atoms with van der Waals surface area (Å²) in [4.78, 5) is 0. The Labute approximate surface area is 143 Å². The molecule has 110 valence electrons. The minimum Gasteiger partial charge on any atom is -0.316 e. The summed E-state index contributed by atoms with van der Waals surface area (Å²) in [6.07, 6.45) is 1.19. The van der Waals surface area contributed by atoms with Gasteiger partial charge in [0.15, 0.2) is 0 Å². The smallest absolute Gasteiger partial charge is 0.0207 e. The lowest BCUT2D eigenvalue weighted by molar-refractivity contribution is 0.404. The highest BCUT2D eigenvalue weighted by Gasteiger charge is 2.27. The Bertz CT molecular complexity index is 622. The van der Waals surface area contributed by atoms with E-state index in [0.717, 1.165) is 17.6 Å². The lowest BCUT2D eigenvalue weighted by atomic mass is 9.77. The van der Waals surface area contributed by atoms with Crippen molar-refractivity contribution in [3.8, 4) is 0 Å². The van der Waals surface area contributed by atoms with Gasteiger partial charge in [0.05, 0.1) is 0 Å². The molecule has 2 unspecified atom stereocenters. The average molecular weight is 409 g/mol. The third kappa shape index (κ3) is 3.41. The zero-order valence-electron chi connectivity index (χ0n) is 12.1. The number of benzene rings is 2. The van der Waals surface area contributed by atoms with E-state index in [1.165, 1.54) is 27.6 Å². The number of halogens is 2. The summed E-state index contributed by atoms with van der Waals surface area (Å²) in [7, 11) is 0. The van der Waals surface area contributed by atoms with Crippen molar-refractivity contribution in [2.24, 2.45) is 0 Å². The number of hydrogen-bond acceptors (Lipinski definition) is 1. The zero-order chi connectivity index (χ0) is 14.8. The molecule has 21 heavy (non-hydrogen) atoms. The van der Waals surface area contributed by atoms with Crippen LogP contribution in [0.15, 0.2) is 51.4 Å². The summed E-state index contributed by atoms with van der Waals surface area (Å²) in [6.45, 7) is 4.30. The van der Waals surface area contributed by atoms with Crippen molar-refractivity contribution in [1.82, 2.24) is 5.32 Å². The van der Waals surface area contributed by atoms with Gasteiger partial charge in [0, 0.05) is 21.4 Å². The average Bonchev–Trinajstić information content (AvgIpc) is 2.51. The molecule has 2 aromatic rings. The minimum atomic E-state index is 0.543. The highest BCUT2D eigenvalue weighted by atomic mass is 79.9. The van der Waals surface area contributed by atoms with Crippen LogP contribution in [-0.4, -0.2) is 13.1 Å². The second-order valence-corrected chi connectivity index (χ2v) is 7.54. The van der Waals surface area contributed by atoms with E-state index in [0.29, 0.717) is 11.8 Å². The van der Waals surface area contributed by atoms with E-state index in [4.69, 9.17) is 0 Å². The van der Waals surface area contributed by atoms with Crippen molar-refractivity contribution in [3.63, 3.8) is 0 Å². The van der Waals surface area contributed by atoms with Gasteiger partial charge in [-0.3, -0.25) is 0 Å². The zero-order valence-corrected chi connectivity index (χ0v) is 15.2. The first kappa shape index (κ1) is 15.3. The summed E-state index contributed by atoms with van der Waals surface area (Å²) in [6, 6.07) is 15.6. The van der Waals surface area contributed by atoms with E-state index < -0.39 is 0 Å². The molecular formula is C18H19Br2N. The Morgan fingerprint density at radius 2 is 1.67 bits per heavy atom. The maximum atomic E-state index is 3.68. The van der Waals surface area contributed by atoms with Gasteiger partial charge in [-0.2, -0.15) is 0 Å². The van der Waals surface area contributed by atoms with Crippen LogP contribution in [0.1, 0.15) is 34.9 Å². The van der Waals surface area contributed by atoms with Crippen LogP contribution in [0, 0.1) is 6.92 Å². The molecule has 3 rings (SSSR count). The van der Waals surface area contributed by atoms with E-state index in [1.54, 1.807) is 0 Å². The third-order valence-electron chi connectivity index (χ3n) is 4.40. The van der Waals surface area contributed by atoms with Gasteiger partial charge >= 0.3 is 0 Å². The van der Waals surface area contributed by atoms with Gasteiger partial charge < -0.3 is 5.32 Å². The standard InChI is InChI=1S/C18H19Br2N/c1-12-2-3-14(10-18(12)20)16-8-9-21-11-17(16)13-4-6-15(19)7-5-13/h2-7,10,16-17,21H,8-9,11H2,1H3. The highest BCUT2D eigenvalue weighted by Crippen LogP contribution is 2.38. The van der Waals surface area contributed by atoms with Gasteiger partial charge in [-0.15, -0.1) is 0 Å². The molecule has 0 aromatic heterocycles. The summed E-state index contributed by atoms with van der Waals surface area (Å²) in [5.74, 6) is 1.13. The molecule has 0 radical (unpaired) electrons. The molecule has 1 aliphatic rings. The molecule has 0 saturated carbocycles. The fraction of sp³-hybridized carbons (Fsp3) is 0.333. The van der Waals surface area contributed by atoms with Crippen LogP contribution >= 0.6 is 31.9 Å². The predicted octanol–water partition coefficient (Wildman–Crippen LogP) is 5.38. The van der Waals surface area contributed by atoms with Crippen LogP contribution in [0.4, 0.5) is 0 Å². The summed E-state index contributed by atoms with van der Waals surface area (Å²) >= 11 is 7.20. The van der Waals surface area contributed by atoms with E-state index in [2.05, 4.69) is 86.6 Å². The number of aryl methyl sites for hydroxylation is 1. The SMILES string of the molecule is Cc1ccc(C2CCNCC2c2ccc(Br)cc2)cc1Br. The van der Waals surface area contributed by atoms with Crippen LogP contribution in [0.25, 0.3) is 0 Å². The first-order valence-corrected chi connectivity index (χ1v) is 8.96. The Balaban J connectivity index is 1.94. The Kier molecular flexibility index (Phi) is 4.82. The molecule has 0 amide bonds. The number of piperidine rings is 1. The van der Waals surface area contributed by atoms with E-state index in [9.17, 15) is 0 Å². The molecule has 3 heteroatoms. The van der Waals surface area contributed by atoms with Gasteiger partial charge in [0.25, 0.3) is 0 Å². The van der Waals surface area contributed by atoms with Crippen molar-refractivity contribution in [3.05, 3.63) is 68.1 Å². The third-order valence-corrected chi connectivity index (χ3v) is 5.79. The fourth-order valence-electron chi connectivity index (χ4n) is 3.16. The van der Waals surface area contributed by atoms with E-state index >= 15 is 0 Å². The van der Waals surface area contributed by atoms with Crippen LogP contribution in [0.3, 0.4) is 0 Å². The van der Waals surface area contributed by atoms with E-state index in [-0.39, 0.29) is 0 Å². The lowest BCUT2D eigenvalue weighted by Crippen LogP contribution is -2.34. The Morgan fingerprint density at radius 1 is 0.952 bits per heavy atom. The van der Waals surface area contributed by atoms with Gasteiger partial charge in [-0.1, -0.05) is 56.1 Å². The summed E-state index contributed by atoms with van der Waals surface area (Å²) in [5, 5.41) is 3.55. The molecule has 1 aliphatic heterocycles. The second kappa shape index (κ2) is 6.64. The maximum Gasteiger partial charge on any atom is 0.0207 e. The number of nitrogens with one attached hydrogen (secondary N) is 1. The lowest BCUT2D eigenvalue weighted by Gasteiger charge is -2.33. The largest absolute Gasteiger partial charge is 0.316 e. The highest BCUT2D eigenvalue weighted by molar-refractivity contribution is 9.10. The molecule has 0 spiro atoms. The Morgan fingerprint density at radius 3 is 2.38 bits per heavy atom. The molecule has 0 aliphatic carbocycles. The molecule has 2 atom stereocenters. The molecule has 1 saturated heterocycles. The van der Waals surface area contributed by atoms with Gasteiger partial charge in [0.1, 0.15) is 0 Å². The molecule has 1 N–H and O–H groups in total. The molecule has 1 fully saturated rings. The summed E-state index contributed by atoms with van der Waals surface area (Å²) < 4.78 is 2.36. The van der Waals surface area contributed by atoms with Crippen molar-refractivity contribution >= 4 is 31.9 Å². The van der Waals surface area contributed by atoms with Crippen LogP contribution in [0.2, 0.25) is 0 Å². The monoisotopic (exact) mass is 407 g/mol. The normalized spacial score (nSPS) is 22.2. The molecule has 2 aromatic carbocycles. The van der Waals surface area contributed by atoms with E-state index in [1.807, 2.05) is 0 Å². The second-order valence-electron chi connectivity index (χ2n) is 5.77. The molecule has 1 nitrogen and oxygen atoms in total. The van der Waals surface area contributed by atoms with Crippen molar-refractivity contribution in [2.45, 2.75) is 25.2 Å². The molecule has 1 heterocycles. The van der Waals surface area contributed by atoms with Gasteiger partial charge in [-0.25, -0.2) is 0 Å². The van der Waals surface area contributed by atoms with Crippen molar-refractivity contribution < 1.29 is 0 Å². The first-order chi connectivity index (χ1) is 10.1. The van der Waals surface area contributed by atoms with Crippen LogP contribution in [0.5, 0.6) is 0 Å². The van der Waals surface area contributed by atoms with Gasteiger partial charge in [0.2, 0.25) is 0 Å². The Hall–Kier alpha value is -0.640. The fourth-order valence-corrected chi connectivity index (χ4v) is 3.82. The topological polar surface area (TPSA) is 12.0 Å². The number of rotatable bonds is 2. The van der Waals surface area contributed by atoms with Gasteiger partial charge in [-0.05, 0) is 60.7 Å². The van der Waals surface area contributed by atoms with Crippen molar-refractivity contribution in [1.29, 1.82) is 0 Å². The maximum absolute atomic E-state index is 3.68. The summed E-state index contributed by atoms with van der Waals surface area (Å²) in [5.41, 5.74) is 4.17. The quantitative estimate of drug-likeness (QED) is 0.703. The predicted molar refractivity (Wildman–Crippen MR) is 96.0 cm³/mol. The van der Waals surface area contributed by atoms with Crippen LogP contribution < -0.4 is 5.32 Å². The number of hydrogen-bond donors (Lipinski definition) is 1. The minimum absolute atomic E-state index is 0.543. The first-order valence-electron chi connectivity index (χ1n) is 7.37. The molecule has 0 bridgehead atoms. The van der Waals surface area contributed by atoms with Crippen molar-refractivity contribution in [2.75, 3.05) is 13.1 Å². The molecular weight excluding hydrogens is 390 g/mol. The van der Waals surface area contributed by atoms with Crippen LogP contribution in [-0.2, 0) is 0 Å².